The lowest BCUT2D eigenvalue weighted by molar-refractivity contribution is -0.133. The number of allylic oxidation sites excluding steroid dienone is 1. The van der Waals surface area contributed by atoms with Crippen LogP contribution < -0.4 is 19.9 Å². The molecule has 6 nitrogen and oxygen atoms in total. The molecule has 1 heterocycles. The van der Waals surface area contributed by atoms with Crippen LogP contribution in [-0.4, -0.2) is 12.6 Å². The van der Waals surface area contributed by atoms with Gasteiger partial charge < -0.3 is 19.9 Å². The van der Waals surface area contributed by atoms with Gasteiger partial charge in [-0.05, 0) is 47.9 Å². The Morgan fingerprint density at radius 2 is 1.78 bits per heavy atom. The molecule has 0 amide bonds. The van der Waals surface area contributed by atoms with Crippen molar-refractivity contribution in [2.45, 2.75) is 38.5 Å². The molecule has 0 bridgehead atoms. The molecule has 0 spiro atoms. The molecular formula is C29H27ClN2O4. The fourth-order valence-electron chi connectivity index (χ4n) is 4.08. The quantitative estimate of drug-likeness (QED) is 0.210. The molecule has 0 fully saturated rings. The van der Waals surface area contributed by atoms with Crippen LogP contribution in [0.1, 0.15) is 48.8 Å². The molecular weight excluding hydrogens is 476 g/mol. The highest BCUT2D eigenvalue weighted by Gasteiger charge is 2.31. The summed E-state index contributed by atoms with van der Waals surface area (Å²) in [7, 11) is 0. The number of unbranched alkanes of at least 4 members (excludes halogenated alkanes) is 2. The molecule has 7 heteroatoms. The number of carbonyl (C=O) groups excluding carboxylic acids is 1. The minimum Gasteiger partial charge on any atom is -0.494 e. The number of hydrogen-bond donors (Lipinski definition) is 1. The van der Waals surface area contributed by atoms with Gasteiger partial charge in [-0.15, -0.1) is 0 Å². The van der Waals surface area contributed by atoms with Gasteiger partial charge in [0.2, 0.25) is 5.88 Å². The first-order valence-corrected chi connectivity index (χ1v) is 12.3. The van der Waals surface area contributed by atoms with E-state index in [0.717, 1.165) is 41.7 Å². The number of ether oxygens (including phenoxy) is 3. The van der Waals surface area contributed by atoms with E-state index in [9.17, 15) is 10.1 Å². The number of nitrogens with two attached hydrogens (primary N) is 1. The lowest BCUT2D eigenvalue weighted by Gasteiger charge is -2.26. The summed E-state index contributed by atoms with van der Waals surface area (Å²) in [6.07, 6.45) is 3.38. The van der Waals surface area contributed by atoms with Crippen molar-refractivity contribution in [1.29, 1.82) is 5.26 Å². The normalized spacial score (nSPS) is 14.4. The molecule has 0 saturated carbocycles. The molecule has 1 aliphatic rings. The summed E-state index contributed by atoms with van der Waals surface area (Å²) in [4.78, 5) is 12.4. The number of nitriles is 1. The molecule has 0 aliphatic carbocycles. The van der Waals surface area contributed by atoms with Crippen LogP contribution in [0.4, 0.5) is 0 Å². The number of halogens is 1. The van der Waals surface area contributed by atoms with Crippen LogP contribution in [0.5, 0.6) is 17.2 Å². The summed E-state index contributed by atoms with van der Waals surface area (Å²) in [5.41, 5.74) is 8.87. The van der Waals surface area contributed by atoms with Crippen molar-refractivity contribution in [1.82, 2.24) is 0 Å². The average molecular weight is 503 g/mol. The van der Waals surface area contributed by atoms with Crippen LogP contribution in [0.2, 0.25) is 5.02 Å². The highest BCUT2D eigenvalue weighted by molar-refractivity contribution is 6.30. The van der Waals surface area contributed by atoms with E-state index < -0.39 is 11.9 Å². The third-order valence-corrected chi connectivity index (χ3v) is 6.17. The molecule has 0 radical (unpaired) electrons. The maximum atomic E-state index is 12.4. The van der Waals surface area contributed by atoms with Crippen LogP contribution >= 0.6 is 11.6 Å². The maximum Gasteiger partial charge on any atom is 0.315 e. The van der Waals surface area contributed by atoms with Crippen molar-refractivity contribution >= 4 is 17.6 Å². The number of fused-ring (bicyclic) bond motifs is 1. The van der Waals surface area contributed by atoms with Crippen LogP contribution in [-0.2, 0) is 11.2 Å². The summed E-state index contributed by atoms with van der Waals surface area (Å²) in [6, 6.07) is 22.0. The minimum absolute atomic E-state index is 0.0273. The summed E-state index contributed by atoms with van der Waals surface area (Å²) in [5.74, 6) is 0.746. The molecule has 3 aromatic rings. The standard InChI is InChI=1S/C29H27ClN2O4/c1-2-3-4-15-34-22-11-7-20(8-12-22)28-24-14-13-23(17-26(24)36-29(32)25(28)18-31)35-27(33)16-19-5-9-21(30)10-6-19/h5-14,17,28H,2-4,15-16,32H2,1H3. The number of rotatable bonds is 9. The van der Waals surface area contributed by atoms with Gasteiger partial charge in [-0.25, -0.2) is 0 Å². The zero-order valence-electron chi connectivity index (χ0n) is 20.0. The third kappa shape index (κ3) is 5.99. The first-order chi connectivity index (χ1) is 17.5. The molecule has 1 atom stereocenters. The van der Waals surface area contributed by atoms with Crippen molar-refractivity contribution in [2.24, 2.45) is 5.73 Å². The van der Waals surface area contributed by atoms with Crippen LogP contribution in [0.25, 0.3) is 0 Å². The molecule has 3 aromatic carbocycles. The van der Waals surface area contributed by atoms with Gasteiger partial charge in [0.1, 0.15) is 28.9 Å². The van der Waals surface area contributed by atoms with E-state index in [1.54, 1.807) is 42.5 Å². The lowest BCUT2D eigenvalue weighted by Crippen LogP contribution is -2.21. The predicted octanol–water partition coefficient (Wildman–Crippen LogP) is 6.28. The van der Waals surface area contributed by atoms with Gasteiger partial charge in [0.05, 0.1) is 18.9 Å². The topological polar surface area (TPSA) is 94.6 Å². The second kappa shape index (κ2) is 11.7. The Balaban J connectivity index is 1.52. The monoisotopic (exact) mass is 502 g/mol. The lowest BCUT2D eigenvalue weighted by atomic mass is 9.83. The van der Waals surface area contributed by atoms with Crippen LogP contribution in [0.15, 0.2) is 78.2 Å². The van der Waals surface area contributed by atoms with Crippen LogP contribution in [0, 0.1) is 11.3 Å². The van der Waals surface area contributed by atoms with Gasteiger partial charge in [0, 0.05) is 16.7 Å². The van der Waals surface area contributed by atoms with Crippen molar-refractivity contribution < 1.29 is 19.0 Å². The molecule has 1 unspecified atom stereocenters. The molecule has 36 heavy (non-hydrogen) atoms. The zero-order valence-corrected chi connectivity index (χ0v) is 20.8. The van der Waals surface area contributed by atoms with Gasteiger partial charge in [0.25, 0.3) is 0 Å². The Bertz CT molecular complexity index is 1290. The Morgan fingerprint density at radius 3 is 2.47 bits per heavy atom. The summed E-state index contributed by atoms with van der Waals surface area (Å²) < 4.78 is 17.1. The van der Waals surface area contributed by atoms with E-state index >= 15 is 0 Å². The number of benzene rings is 3. The van der Waals surface area contributed by atoms with E-state index in [2.05, 4.69) is 13.0 Å². The summed E-state index contributed by atoms with van der Waals surface area (Å²) >= 11 is 5.90. The van der Waals surface area contributed by atoms with Gasteiger partial charge in [0.15, 0.2) is 0 Å². The second-order valence-electron chi connectivity index (χ2n) is 8.53. The molecule has 2 N–H and O–H groups in total. The van der Waals surface area contributed by atoms with E-state index in [4.69, 9.17) is 31.5 Å². The summed E-state index contributed by atoms with van der Waals surface area (Å²) in [6.45, 7) is 2.82. The summed E-state index contributed by atoms with van der Waals surface area (Å²) in [5, 5.41) is 10.4. The fraction of sp³-hybridized carbons (Fsp3) is 0.241. The van der Waals surface area contributed by atoms with Gasteiger partial charge >= 0.3 is 5.97 Å². The highest BCUT2D eigenvalue weighted by Crippen LogP contribution is 2.43. The zero-order chi connectivity index (χ0) is 25.5. The smallest absolute Gasteiger partial charge is 0.315 e. The van der Waals surface area contributed by atoms with Crippen molar-refractivity contribution in [3.8, 4) is 23.3 Å². The molecule has 4 rings (SSSR count). The van der Waals surface area contributed by atoms with Crippen molar-refractivity contribution in [3.05, 3.63) is 99.9 Å². The van der Waals surface area contributed by atoms with Crippen LogP contribution in [0.3, 0.4) is 0 Å². The SMILES string of the molecule is CCCCCOc1ccc(C2C(C#N)=C(N)Oc3cc(OC(=O)Cc4ccc(Cl)cc4)ccc32)cc1. The molecule has 1 aliphatic heterocycles. The number of carbonyl (C=O) groups is 1. The Labute approximate surface area is 215 Å². The molecule has 0 aromatic heterocycles. The molecule has 0 saturated heterocycles. The maximum absolute atomic E-state index is 12.4. The van der Waals surface area contributed by atoms with E-state index in [1.165, 1.54) is 0 Å². The van der Waals surface area contributed by atoms with E-state index in [-0.39, 0.29) is 12.3 Å². The number of hydrogen-bond acceptors (Lipinski definition) is 6. The first kappa shape index (κ1) is 25.2. The van der Waals surface area contributed by atoms with Crippen molar-refractivity contribution in [2.75, 3.05) is 6.61 Å². The first-order valence-electron chi connectivity index (χ1n) is 11.9. The van der Waals surface area contributed by atoms with E-state index in [1.807, 2.05) is 24.3 Å². The third-order valence-electron chi connectivity index (χ3n) is 5.91. The minimum atomic E-state index is -0.416. The number of nitrogens with zero attached hydrogens (tertiary/aromatic N) is 1. The second-order valence-corrected chi connectivity index (χ2v) is 8.96. The van der Waals surface area contributed by atoms with Gasteiger partial charge in [-0.2, -0.15) is 5.26 Å². The predicted molar refractivity (Wildman–Crippen MR) is 138 cm³/mol. The van der Waals surface area contributed by atoms with Gasteiger partial charge in [-0.3, -0.25) is 4.79 Å². The van der Waals surface area contributed by atoms with Gasteiger partial charge in [-0.1, -0.05) is 61.7 Å². The van der Waals surface area contributed by atoms with E-state index in [0.29, 0.717) is 28.7 Å². The Morgan fingerprint density at radius 1 is 1.06 bits per heavy atom. The average Bonchev–Trinajstić information content (AvgIpc) is 2.87. The van der Waals surface area contributed by atoms with Crippen molar-refractivity contribution in [3.63, 3.8) is 0 Å². The highest BCUT2D eigenvalue weighted by atomic mass is 35.5. The fourth-order valence-corrected chi connectivity index (χ4v) is 4.20. The Kier molecular flexibility index (Phi) is 8.14. The number of esters is 1. The Hall–Kier alpha value is -3.95. The molecule has 184 valence electrons. The largest absolute Gasteiger partial charge is 0.494 e.